The number of hydrogen-bond donors (Lipinski definition) is 1. The van der Waals surface area contributed by atoms with Crippen LogP contribution in [0.1, 0.15) is 29.0 Å². The summed E-state index contributed by atoms with van der Waals surface area (Å²) in [4.78, 5) is 11.8. The summed E-state index contributed by atoms with van der Waals surface area (Å²) in [6.07, 6.45) is -4.13. The Hall–Kier alpha value is -3.46. The van der Waals surface area contributed by atoms with E-state index in [0.29, 0.717) is 23.7 Å². The fraction of sp³-hybridized carbons (Fsp3) is 0.231. The van der Waals surface area contributed by atoms with Crippen LogP contribution in [0.2, 0.25) is 0 Å². The molecule has 0 bridgehead atoms. The van der Waals surface area contributed by atoms with E-state index in [1.54, 1.807) is 0 Å². The highest BCUT2D eigenvalue weighted by Gasteiger charge is 2.30. The number of carbonyl (C=O) groups excluding carboxylic acids is 1. The second-order valence-corrected chi connectivity index (χ2v) is 8.58. The fourth-order valence-corrected chi connectivity index (χ4v) is 4.17. The molecular formula is C26H25F3N2O3S. The van der Waals surface area contributed by atoms with Gasteiger partial charge in [-0.05, 0) is 52.6 Å². The summed E-state index contributed by atoms with van der Waals surface area (Å²) in [6, 6.07) is 20.0. The standard InChI is InChI=1S/C26H25F3N2O3S/c1-33-25(32)14-22(16-35-17-31-30)20-7-11-24(12-8-20)34-15-18-3-2-4-21(13-18)19-5-9-23(10-6-19)26(27,28)29/h2-13,17,22H,14-16,30H2,1H3/b31-17-. The molecule has 35 heavy (non-hydrogen) atoms. The van der Waals surface area contributed by atoms with Crippen molar-refractivity contribution in [1.29, 1.82) is 0 Å². The Morgan fingerprint density at radius 3 is 2.40 bits per heavy atom. The fourth-order valence-electron chi connectivity index (χ4n) is 3.45. The molecule has 0 spiro atoms. The molecule has 3 aromatic carbocycles. The molecule has 0 heterocycles. The van der Waals surface area contributed by atoms with E-state index in [1.807, 2.05) is 48.5 Å². The number of carbonyl (C=O) groups is 1. The number of alkyl halides is 3. The maximum absolute atomic E-state index is 12.8. The minimum Gasteiger partial charge on any atom is -0.489 e. The summed E-state index contributed by atoms with van der Waals surface area (Å²) in [7, 11) is 1.36. The van der Waals surface area contributed by atoms with Crippen molar-refractivity contribution in [2.45, 2.75) is 25.1 Å². The van der Waals surface area contributed by atoms with Gasteiger partial charge in [0.2, 0.25) is 0 Å². The monoisotopic (exact) mass is 502 g/mol. The summed E-state index contributed by atoms with van der Waals surface area (Å²) in [5.74, 6) is 6.05. The number of halogens is 3. The number of benzene rings is 3. The van der Waals surface area contributed by atoms with Crippen LogP contribution in [0.3, 0.4) is 0 Å². The lowest BCUT2D eigenvalue weighted by Gasteiger charge is -2.16. The third-order valence-corrected chi connectivity index (χ3v) is 6.17. The van der Waals surface area contributed by atoms with Crippen molar-refractivity contribution >= 4 is 23.3 Å². The maximum atomic E-state index is 12.8. The van der Waals surface area contributed by atoms with E-state index in [9.17, 15) is 18.0 Å². The van der Waals surface area contributed by atoms with Crippen LogP contribution in [-0.2, 0) is 22.3 Å². The van der Waals surface area contributed by atoms with Gasteiger partial charge in [-0.1, -0.05) is 42.5 Å². The molecule has 1 unspecified atom stereocenters. The van der Waals surface area contributed by atoms with Crippen molar-refractivity contribution in [3.05, 3.63) is 89.5 Å². The van der Waals surface area contributed by atoms with Crippen molar-refractivity contribution in [2.75, 3.05) is 12.9 Å². The molecule has 3 aromatic rings. The molecule has 1 atom stereocenters. The first-order chi connectivity index (χ1) is 16.8. The molecule has 0 aliphatic carbocycles. The van der Waals surface area contributed by atoms with Gasteiger partial charge in [0.05, 0.1) is 24.6 Å². The lowest BCUT2D eigenvalue weighted by atomic mass is 9.97. The Kier molecular flexibility index (Phi) is 9.19. The molecule has 0 aliphatic rings. The second-order valence-electron chi connectivity index (χ2n) is 7.70. The second kappa shape index (κ2) is 12.3. The minimum atomic E-state index is -4.36. The van der Waals surface area contributed by atoms with Gasteiger partial charge in [-0.25, -0.2) is 0 Å². The number of hydrogen-bond acceptors (Lipinski definition) is 6. The lowest BCUT2D eigenvalue weighted by molar-refractivity contribution is -0.141. The Balaban J connectivity index is 1.65. The summed E-state index contributed by atoms with van der Waals surface area (Å²) in [5.41, 5.74) is 4.19. The van der Waals surface area contributed by atoms with Crippen molar-refractivity contribution in [3.8, 4) is 16.9 Å². The van der Waals surface area contributed by atoms with Crippen molar-refractivity contribution in [1.82, 2.24) is 0 Å². The highest BCUT2D eigenvalue weighted by atomic mass is 32.2. The SMILES string of the molecule is COC(=O)CC(CS/C=N\N)c1ccc(OCc2cccc(-c3ccc(C(F)(F)F)cc3)c2)cc1. The molecule has 0 saturated carbocycles. The smallest absolute Gasteiger partial charge is 0.416 e. The van der Waals surface area contributed by atoms with Crippen LogP contribution in [-0.4, -0.2) is 24.4 Å². The first-order valence-corrected chi connectivity index (χ1v) is 11.7. The van der Waals surface area contributed by atoms with Crippen LogP contribution >= 0.6 is 11.8 Å². The molecule has 5 nitrogen and oxygen atoms in total. The number of nitrogens with two attached hydrogens (primary N) is 1. The topological polar surface area (TPSA) is 73.9 Å². The Morgan fingerprint density at radius 1 is 1.06 bits per heavy atom. The van der Waals surface area contributed by atoms with E-state index in [4.69, 9.17) is 15.3 Å². The molecule has 0 aromatic heterocycles. The number of rotatable bonds is 10. The van der Waals surface area contributed by atoms with E-state index in [1.165, 1.54) is 36.6 Å². The minimum absolute atomic E-state index is 0.0695. The van der Waals surface area contributed by atoms with Crippen LogP contribution in [0.5, 0.6) is 5.75 Å². The first kappa shape index (κ1) is 26.2. The van der Waals surface area contributed by atoms with Crippen LogP contribution in [0.4, 0.5) is 13.2 Å². The molecule has 0 aliphatic heterocycles. The van der Waals surface area contributed by atoms with Crippen LogP contribution < -0.4 is 10.6 Å². The summed E-state index contributed by atoms with van der Waals surface area (Å²) in [5, 5.41) is 3.46. The zero-order chi connectivity index (χ0) is 25.3. The molecule has 0 fully saturated rings. The highest BCUT2D eigenvalue weighted by molar-refractivity contribution is 8.12. The van der Waals surface area contributed by atoms with Gasteiger partial charge >= 0.3 is 12.1 Å². The van der Waals surface area contributed by atoms with Gasteiger partial charge < -0.3 is 15.3 Å². The molecule has 2 N–H and O–H groups in total. The van der Waals surface area contributed by atoms with Gasteiger partial charge in [-0.2, -0.15) is 18.3 Å². The molecule has 0 radical (unpaired) electrons. The molecule has 184 valence electrons. The number of ether oxygens (including phenoxy) is 2. The predicted molar refractivity (Wildman–Crippen MR) is 132 cm³/mol. The van der Waals surface area contributed by atoms with E-state index in [-0.39, 0.29) is 18.3 Å². The van der Waals surface area contributed by atoms with Crippen molar-refractivity contribution < 1.29 is 27.4 Å². The average molecular weight is 503 g/mol. The Morgan fingerprint density at radius 2 is 1.77 bits per heavy atom. The van der Waals surface area contributed by atoms with E-state index in [2.05, 4.69) is 5.10 Å². The number of esters is 1. The Bertz CT molecular complexity index is 1130. The molecule has 3 rings (SSSR count). The molecular weight excluding hydrogens is 477 g/mol. The van der Waals surface area contributed by atoms with Gasteiger partial charge in [0.15, 0.2) is 0 Å². The zero-order valence-corrected chi connectivity index (χ0v) is 19.8. The van der Waals surface area contributed by atoms with E-state index < -0.39 is 11.7 Å². The lowest BCUT2D eigenvalue weighted by Crippen LogP contribution is -2.11. The average Bonchev–Trinajstić information content (AvgIpc) is 2.87. The number of thioether (sulfide) groups is 1. The normalized spacial score (nSPS) is 12.5. The quantitative estimate of drug-likeness (QED) is 0.117. The molecule has 0 saturated heterocycles. The third kappa shape index (κ3) is 7.78. The van der Waals surface area contributed by atoms with E-state index >= 15 is 0 Å². The zero-order valence-electron chi connectivity index (χ0n) is 19.0. The van der Waals surface area contributed by atoms with Gasteiger partial charge in [0, 0.05) is 11.7 Å². The summed E-state index contributed by atoms with van der Waals surface area (Å²) in [6.45, 7) is 0.294. The first-order valence-electron chi connectivity index (χ1n) is 10.7. The van der Waals surface area contributed by atoms with Crippen LogP contribution in [0, 0.1) is 0 Å². The highest BCUT2D eigenvalue weighted by Crippen LogP contribution is 2.31. The number of hydrazone groups is 1. The maximum Gasteiger partial charge on any atom is 0.416 e. The van der Waals surface area contributed by atoms with Gasteiger partial charge in [0.25, 0.3) is 0 Å². The Labute approximate surface area is 206 Å². The third-order valence-electron chi connectivity index (χ3n) is 5.30. The number of methoxy groups -OCH3 is 1. The van der Waals surface area contributed by atoms with Gasteiger partial charge in [0.1, 0.15) is 12.4 Å². The predicted octanol–water partition coefficient (Wildman–Crippen LogP) is 6.23. The number of nitrogens with zero attached hydrogens (tertiary/aromatic N) is 1. The van der Waals surface area contributed by atoms with Crippen molar-refractivity contribution in [2.24, 2.45) is 10.9 Å². The molecule has 0 amide bonds. The summed E-state index contributed by atoms with van der Waals surface area (Å²) < 4.78 is 49.1. The van der Waals surface area contributed by atoms with Crippen LogP contribution in [0.15, 0.2) is 77.9 Å². The van der Waals surface area contributed by atoms with Crippen LogP contribution in [0.25, 0.3) is 11.1 Å². The summed E-state index contributed by atoms with van der Waals surface area (Å²) >= 11 is 1.41. The van der Waals surface area contributed by atoms with E-state index in [0.717, 1.165) is 28.8 Å². The van der Waals surface area contributed by atoms with Gasteiger partial charge in [-0.15, -0.1) is 11.8 Å². The molecule has 9 heteroatoms. The van der Waals surface area contributed by atoms with Crippen molar-refractivity contribution in [3.63, 3.8) is 0 Å². The van der Waals surface area contributed by atoms with Gasteiger partial charge in [-0.3, -0.25) is 4.79 Å². The largest absolute Gasteiger partial charge is 0.489 e.